The Balaban J connectivity index is 1.84. The summed E-state index contributed by atoms with van der Waals surface area (Å²) in [5.74, 6) is -0.124. The van der Waals surface area contributed by atoms with Gasteiger partial charge in [0.2, 0.25) is 0 Å². The molecule has 1 fully saturated rings. The second-order valence-corrected chi connectivity index (χ2v) is 5.63. The second-order valence-electron chi connectivity index (χ2n) is 3.55. The zero-order valence-electron chi connectivity index (χ0n) is 8.16. The molecule has 3 nitrogen and oxygen atoms in total. The molecule has 1 heterocycles. The first-order valence-electron chi connectivity index (χ1n) is 4.96. The fourth-order valence-electron chi connectivity index (χ4n) is 1.65. The molecule has 0 atom stereocenters. The molecule has 0 unspecified atom stereocenters. The topological polar surface area (TPSA) is 38.3 Å². The number of hydroxylamine groups is 1. The number of nitrogens with one attached hydrogen (secondary N) is 1. The predicted molar refractivity (Wildman–Crippen MR) is 67.8 cm³/mol. The van der Waals surface area contributed by atoms with Crippen LogP contribution in [0, 0.1) is 3.57 Å². The molecular weight excluding hydrogens is 325 g/mol. The van der Waals surface area contributed by atoms with Crippen LogP contribution in [0.3, 0.4) is 0 Å². The summed E-state index contributed by atoms with van der Waals surface area (Å²) in [7, 11) is 0. The summed E-state index contributed by atoms with van der Waals surface area (Å²) in [6, 6.07) is 1.93. The van der Waals surface area contributed by atoms with E-state index in [1.807, 2.05) is 11.4 Å². The molecule has 0 spiro atoms. The summed E-state index contributed by atoms with van der Waals surface area (Å²) in [5.41, 5.74) is 2.53. The highest BCUT2D eigenvalue weighted by Gasteiger charge is 2.18. The molecule has 1 aromatic heterocycles. The van der Waals surface area contributed by atoms with Crippen molar-refractivity contribution in [2.75, 3.05) is 0 Å². The van der Waals surface area contributed by atoms with Crippen LogP contribution in [0.15, 0.2) is 11.4 Å². The van der Waals surface area contributed by atoms with Gasteiger partial charge in [-0.3, -0.25) is 9.63 Å². The van der Waals surface area contributed by atoms with Gasteiger partial charge in [-0.1, -0.05) is 12.8 Å². The minimum Gasteiger partial charge on any atom is -0.270 e. The van der Waals surface area contributed by atoms with E-state index in [2.05, 4.69) is 28.1 Å². The minimum absolute atomic E-state index is 0.124. The maximum absolute atomic E-state index is 11.7. The Morgan fingerprint density at radius 2 is 2.27 bits per heavy atom. The van der Waals surface area contributed by atoms with Crippen LogP contribution in [0.1, 0.15) is 35.4 Å². The first kappa shape index (κ1) is 11.3. The van der Waals surface area contributed by atoms with Gasteiger partial charge in [-0.2, -0.15) is 0 Å². The Morgan fingerprint density at radius 1 is 1.53 bits per heavy atom. The molecular formula is C10H12INO2S. The highest BCUT2D eigenvalue weighted by Crippen LogP contribution is 2.21. The predicted octanol–water partition coefficient (Wildman–Crippen LogP) is 2.96. The molecule has 1 amide bonds. The molecule has 15 heavy (non-hydrogen) atoms. The lowest BCUT2D eigenvalue weighted by molar-refractivity contribution is -0.0122. The molecule has 1 N–H and O–H groups in total. The first-order chi connectivity index (χ1) is 7.27. The summed E-state index contributed by atoms with van der Waals surface area (Å²) in [6.45, 7) is 0. The Labute approximate surface area is 106 Å². The van der Waals surface area contributed by atoms with E-state index < -0.39 is 0 Å². The molecule has 0 aliphatic heterocycles. The lowest BCUT2D eigenvalue weighted by Gasteiger charge is -2.10. The van der Waals surface area contributed by atoms with Gasteiger partial charge >= 0.3 is 0 Å². The fourth-order valence-corrected chi connectivity index (χ4v) is 3.36. The third-order valence-corrected chi connectivity index (χ3v) is 4.62. The van der Waals surface area contributed by atoms with Crippen molar-refractivity contribution in [2.45, 2.75) is 31.8 Å². The van der Waals surface area contributed by atoms with E-state index in [-0.39, 0.29) is 12.0 Å². The third kappa shape index (κ3) is 2.92. The van der Waals surface area contributed by atoms with Crippen LogP contribution in [0.25, 0.3) is 0 Å². The zero-order chi connectivity index (χ0) is 10.7. The fraction of sp³-hybridized carbons (Fsp3) is 0.500. The van der Waals surface area contributed by atoms with Gasteiger partial charge < -0.3 is 0 Å². The van der Waals surface area contributed by atoms with Crippen LogP contribution in [0.5, 0.6) is 0 Å². The molecule has 5 heteroatoms. The molecule has 2 rings (SSSR count). The summed E-state index contributed by atoms with van der Waals surface area (Å²) in [5, 5.41) is 1.91. The van der Waals surface area contributed by atoms with Gasteiger partial charge in [0.05, 0.1) is 6.10 Å². The minimum atomic E-state index is -0.124. The van der Waals surface area contributed by atoms with Crippen molar-refractivity contribution < 1.29 is 9.63 Å². The molecule has 0 aromatic carbocycles. The van der Waals surface area contributed by atoms with Crippen LogP contribution >= 0.6 is 33.9 Å². The van der Waals surface area contributed by atoms with Crippen LogP contribution in [0.2, 0.25) is 0 Å². The normalized spacial score (nSPS) is 16.9. The quantitative estimate of drug-likeness (QED) is 0.680. The Bertz CT molecular complexity index is 347. The van der Waals surface area contributed by atoms with Crippen LogP contribution in [-0.2, 0) is 4.84 Å². The average Bonchev–Trinajstić information content (AvgIpc) is 2.84. The number of amides is 1. The van der Waals surface area contributed by atoms with Gasteiger partial charge in [-0.05, 0) is 46.9 Å². The third-order valence-electron chi connectivity index (χ3n) is 2.44. The first-order valence-corrected chi connectivity index (χ1v) is 6.92. The van der Waals surface area contributed by atoms with E-state index in [0.29, 0.717) is 0 Å². The lowest BCUT2D eigenvalue weighted by atomic mass is 10.3. The largest absolute Gasteiger partial charge is 0.285 e. The standard InChI is InChI=1S/C10H12INO2S/c11-8-5-6-15-9(8)10(13)12-14-7-3-1-2-4-7/h5-7H,1-4H2,(H,12,13). The number of carbonyl (C=O) groups excluding carboxylic acids is 1. The van der Waals surface area contributed by atoms with Crippen LogP contribution in [-0.4, -0.2) is 12.0 Å². The maximum Gasteiger partial charge on any atom is 0.285 e. The highest BCUT2D eigenvalue weighted by atomic mass is 127. The SMILES string of the molecule is O=C(NOC1CCCC1)c1sccc1I. The second kappa shape index (κ2) is 5.27. The molecule has 1 aliphatic carbocycles. The van der Waals surface area contributed by atoms with Crippen molar-refractivity contribution in [3.05, 3.63) is 19.9 Å². The van der Waals surface area contributed by atoms with Gasteiger partial charge in [0.25, 0.3) is 5.91 Å². The summed E-state index contributed by atoms with van der Waals surface area (Å²) < 4.78 is 0.977. The maximum atomic E-state index is 11.7. The van der Waals surface area contributed by atoms with Crippen molar-refractivity contribution in [2.24, 2.45) is 0 Å². The number of rotatable bonds is 3. The smallest absolute Gasteiger partial charge is 0.270 e. The van der Waals surface area contributed by atoms with Gasteiger partial charge in [-0.15, -0.1) is 11.3 Å². The Kier molecular flexibility index (Phi) is 3.99. The summed E-state index contributed by atoms with van der Waals surface area (Å²) >= 11 is 3.59. The number of halogens is 1. The average molecular weight is 337 g/mol. The Hall–Kier alpha value is -0.140. The van der Waals surface area contributed by atoms with Crippen molar-refractivity contribution in [3.8, 4) is 0 Å². The van der Waals surface area contributed by atoms with Gasteiger partial charge in [0, 0.05) is 3.57 Å². The lowest BCUT2D eigenvalue weighted by Crippen LogP contribution is -2.28. The molecule has 1 aromatic rings. The summed E-state index contributed by atoms with van der Waals surface area (Å²) in [4.78, 5) is 17.7. The molecule has 1 saturated carbocycles. The van der Waals surface area contributed by atoms with Crippen LogP contribution in [0.4, 0.5) is 0 Å². The van der Waals surface area contributed by atoms with Crippen molar-refractivity contribution in [1.82, 2.24) is 5.48 Å². The molecule has 0 saturated heterocycles. The Morgan fingerprint density at radius 3 is 2.87 bits per heavy atom. The molecule has 0 bridgehead atoms. The summed E-state index contributed by atoms with van der Waals surface area (Å²) in [6.07, 6.45) is 4.74. The highest BCUT2D eigenvalue weighted by molar-refractivity contribution is 14.1. The van der Waals surface area contributed by atoms with Gasteiger partial charge in [0.1, 0.15) is 4.88 Å². The van der Waals surface area contributed by atoms with E-state index in [4.69, 9.17) is 4.84 Å². The monoisotopic (exact) mass is 337 g/mol. The van der Waals surface area contributed by atoms with Crippen LogP contribution < -0.4 is 5.48 Å². The molecule has 82 valence electrons. The van der Waals surface area contributed by atoms with E-state index in [1.165, 1.54) is 24.2 Å². The molecule has 0 radical (unpaired) electrons. The van der Waals surface area contributed by atoms with E-state index in [9.17, 15) is 4.79 Å². The van der Waals surface area contributed by atoms with E-state index >= 15 is 0 Å². The van der Waals surface area contributed by atoms with E-state index in [1.54, 1.807) is 0 Å². The van der Waals surface area contributed by atoms with Gasteiger partial charge in [-0.25, -0.2) is 5.48 Å². The van der Waals surface area contributed by atoms with E-state index in [0.717, 1.165) is 21.3 Å². The van der Waals surface area contributed by atoms with Crippen molar-refractivity contribution >= 4 is 39.8 Å². The number of hydrogen-bond acceptors (Lipinski definition) is 3. The van der Waals surface area contributed by atoms with Crippen molar-refractivity contribution in [1.29, 1.82) is 0 Å². The number of carbonyl (C=O) groups is 1. The number of thiophene rings is 1. The molecule has 1 aliphatic rings. The zero-order valence-corrected chi connectivity index (χ0v) is 11.1. The van der Waals surface area contributed by atoms with Gasteiger partial charge in [0.15, 0.2) is 0 Å². The number of hydrogen-bond donors (Lipinski definition) is 1. The van der Waals surface area contributed by atoms with Crippen molar-refractivity contribution in [3.63, 3.8) is 0 Å².